The van der Waals surface area contributed by atoms with Gasteiger partial charge in [0.1, 0.15) is 12.2 Å². The second-order valence-corrected chi connectivity index (χ2v) is 4.22. The molecule has 0 unspecified atom stereocenters. The summed E-state index contributed by atoms with van der Waals surface area (Å²) in [4.78, 5) is 33.2. The average Bonchev–Trinajstić information content (AvgIpc) is 3.02. The van der Waals surface area contributed by atoms with Gasteiger partial charge in [-0.1, -0.05) is 0 Å². The summed E-state index contributed by atoms with van der Waals surface area (Å²) in [6, 6.07) is 1.58. The van der Waals surface area contributed by atoms with Gasteiger partial charge in [-0.05, 0) is 12.5 Å². The number of aryl methyl sites for hydroxylation is 1. The Balaban J connectivity index is 1.67. The fraction of sp³-hybridized carbons (Fsp3) is 0.250. The summed E-state index contributed by atoms with van der Waals surface area (Å²) in [5.74, 6) is 0.226. The first-order valence-electron chi connectivity index (χ1n) is 5.92. The molecule has 0 aliphatic carbocycles. The number of imide groups is 1. The Morgan fingerprint density at radius 2 is 2.05 bits per heavy atom. The van der Waals surface area contributed by atoms with Crippen LogP contribution in [0.2, 0.25) is 0 Å². The van der Waals surface area contributed by atoms with Gasteiger partial charge < -0.3 is 0 Å². The van der Waals surface area contributed by atoms with E-state index in [4.69, 9.17) is 0 Å². The molecule has 0 saturated heterocycles. The van der Waals surface area contributed by atoms with Gasteiger partial charge in [0.15, 0.2) is 0 Å². The summed E-state index contributed by atoms with van der Waals surface area (Å²) in [7, 11) is 0. The molecule has 0 aromatic carbocycles. The van der Waals surface area contributed by atoms with Crippen LogP contribution in [0.5, 0.6) is 0 Å². The number of hydrogen-bond acceptors (Lipinski definition) is 5. The summed E-state index contributed by atoms with van der Waals surface area (Å²) < 4.78 is 0. The fourth-order valence-electron chi connectivity index (χ4n) is 2.09. The lowest BCUT2D eigenvalue weighted by Gasteiger charge is -2.12. The first-order chi connectivity index (χ1) is 9.27. The quantitative estimate of drug-likeness (QED) is 0.802. The third kappa shape index (κ3) is 1.99. The number of pyridine rings is 1. The van der Waals surface area contributed by atoms with Crippen LogP contribution in [-0.4, -0.2) is 43.4 Å². The molecule has 0 fully saturated rings. The van der Waals surface area contributed by atoms with E-state index in [-0.39, 0.29) is 11.8 Å². The molecule has 1 aliphatic heterocycles. The number of hydrogen-bond donors (Lipinski definition) is 1. The van der Waals surface area contributed by atoms with Crippen molar-refractivity contribution in [2.24, 2.45) is 0 Å². The molecule has 2 amide bonds. The minimum Gasteiger partial charge on any atom is -0.274 e. The smallest absolute Gasteiger partial charge is 0.263 e. The van der Waals surface area contributed by atoms with Gasteiger partial charge in [0, 0.05) is 25.4 Å². The second kappa shape index (κ2) is 4.60. The molecule has 0 radical (unpaired) electrons. The Hall–Kier alpha value is -2.57. The molecule has 3 rings (SSSR count). The van der Waals surface area contributed by atoms with Gasteiger partial charge in [-0.25, -0.2) is 4.98 Å². The number of carbonyl (C=O) groups excluding carboxylic acids is 2. The number of carbonyl (C=O) groups is 2. The number of amides is 2. The number of nitrogens with one attached hydrogen (secondary N) is 1. The molecule has 0 atom stereocenters. The Bertz CT molecular complexity index is 588. The minimum absolute atomic E-state index is 0.250. The third-order valence-electron chi connectivity index (χ3n) is 3.03. The van der Waals surface area contributed by atoms with Crippen molar-refractivity contribution < 1.29 is 9.59 Å². The zero-order chi connectivity index (χ0) is 13.2. The summed E-state index contributed by atoms with van der Waals surface area (Å²) in [6.07, 6.45) is 5.68. The largest absolute Gasteiger partial charge is 0.274 e. The van der Waals surface area contributed by atoms with Crippen LogP contribution < -0.4 is 0 Å². The normalized spacial score (nSPS) is 14.0. The van der Waals surface area contributed by atoms with Gasteiger partial charge in [-0.3, -0.25) is 24.6 Å². The molecular weight excluding hydrogens is 246 g/mol. The van der Waals surface area contributed by atoms with Crippen LogP contribution in [0.4, 0.5) is 0 Å². The van der Waals surface area contributed by atoms with E-state index >= 15 is 0 Å². The Kier molecular flexibility index (Phi) is 2.79. The standard InChI is InChI=1S/C12H11N5O2/c18-11-8-3-4-13-6-9(8)12(19)17(11)5-1-2-10-14-7-15-16-10/h3-4,6-7H,1-2,5H2,(H,14,15,16). The second-order valence-electron chi connectivity index (χ2n) is 4.22. The predicted octanol–water partition coefficient (Wildman–Crippen LogP) is 0.428. The van der Waals surface area contributed by atoms with E-state index in [9.17, 15) is 9.59 Å². The highest BCUT2D eigenvalue weighted by Gasteiger charge is 2.34. The van der Waals surface area contributed by atoms with Crippen LogP contribution >= 0.6 is 0 Å². The van der Waals surface area contributed by atoms with Crippen LogP contribution in [-0.2, 0) is 6.42 Å². The number of H-pyrrole nitrogens is 1. The SMILES string of the molecule is O=C1c2ccncc2C(=O)N1CCCc1ncn[nH]1. The molecule has 1 aliphatic rings. The van der Waals surface area contributed by atoms with Crippen molar-refractivity contribution in [2.75, 3.05) is 6.54 Å². The lowest BCUT2D eigenvalue weighted by molar-refractivity contribution is 0.0652. The molecule has 7 nitrogen and oxygen atoms in total. The molecule has 2 aromatic heterocycles. The van der Waals surface area contributed by atoms with Crippen molar-refractivity contribution in [1.82, 2.24) is 25.1 Å². The van der Waals surface area contributed by atoms with Crippen LogP contribution in [0.1, 0.15) is 33.0 Å². The predicted molar refractivity (Wildman–Crippen MR) is 64.3 cm³/mol. The molecule has 96 valence electrons. The highest BCUT2D eigenvalue weighted by atomic mass is 16.2. The summed E-state index contributed by atoms with van der Waals surface area (Å²) in [5, 5.41) is 6.49. The van der Waals surface area contributed by atoms with Crippen molar-refractivity contribution in [3.63, 3.8) is 0 Å². The maximum Gasteiger partial charge on any atom is 0.263 e. The first kappa shape index (κ1) is 11.5. The molecular formula is C12H11N5O2. The highest BCUT2D eigenvalue weighted by molar-refractivity contribution is 6.21. The van der Waals surface area contributed by atoms with E-state index in [1.54, 1.807) is 6.07 Å². The lowest BCUT2D eigenvalue weighted by atomic mass is 10.2. The molecule has 2 aromatic rings. The van der Waals surface area contributed by atoms with Crippen LogP contribution in [0, 0.1) is 0 Å². The van der Waals surface area contributed by atoms with E-state index in [0.717, 1.165) is 5.82 Å². The van der Waals surface area contributed by atoms with Gasteiger partial charge in [0.2, 0.25) is 0 Å². The van der Waals surface area contributed by atoms with Crippen molar-refractivity contribution in [3.05, 3.63) is 41.7 Å². The summed E-state index contributed by atoms with van der Waals surface area (Å²) in [5.41, 5.74) is 0.812. The maximum absolute atomic E-state index is 12.0. The number of fused-ring (bicyclic) bond motifs is 1. The molecule has 7 heteroatoms. The zero-order valence-corrected chi connectivity index (χ0v) is 10.0. The Morgan fingerprint density at radius 3 is 2.79 bits per heavy atom. The van der Waals surface area contributed by atoms with E-state index in [1.165, 1.54) is 23.6 Å². The molecule has 0 spiro atoms. The van der Waals surface area contributed by atoms with Crippen molar-refractivity contribution in [3.8, 4) is 0 Å². The fourth-order valence-corrected chi connectivity index (χ4v) is 2.09. The van der Waals surface area contributed by atoms with Crippen molar-refractivity contribution >= 4 is 11.8 Å². The lowest BCUT2D eigenvalue weighted by Crippen LogP contribution is -2.31. The van der Waals surface area contributed by atoms with E-state index in [2.05, 4.69) is 20.2 Å². The third-order valence-corrected chi connectivity index (χ3v) is 3.03. The number of rotatable bonds is 4. The van der Waals surface area contributed by atoms with Gasteiger partial charge >= 0.3 is 0 Å². The Morgan fingerprint density at radius 1 is 1.21 bits per heavy atom. The zero-order valence-electron chi connectivity index (χ0n) is 10.0. The minimum atomic E-state index is -0.273. The Labute approximate surface area is 108 Å². The topological polar surface area (TPSA) is 91.8 Å². The van der Waals surface area contributed by atoms with Crippen LogP contribution in [0.15, 0.2) is 24.8 Å². The van der Waals surface area contributed by atoms with Crippen molar-refractivity contribution in [1.29, 1.82) is 0 Å². The van der Waals surface area contributed by atoms with Gasteiger partial charge in [0.25, 0.3) is 11.8 Å². The van der Waals surface area contributed by atoms with Gasteiger partial charge in [-0.2, -0.15) is 5.10 Å². The van der Waals surface area contributed by atoms with Gasteiger partial charge in [-0.15, -0.1) is 0 Å². The molecule has 1 N–H and O–H groups in total. The van der Waals surface area contributed by atoms with Crippen LogP contribution in [0.3, 0.4) is 0 Å². The maximum atomic E-state index is 12.0. The van der Waals surface area contributed by atoms with Crippen molar-refractivity contribution in [2.45, 2.75) is 12.8 Å². The summed E-state index contributed by atoms with van der Waals surface area (Å²) >= 11 is 0. The highest BCUT2D eigenvalue weighted by Crippen LogP contribution is 2.21. The number of nitrogens with zero attached hydrogens (tertiary/aromatic N) is 4. The van der Waals surface area contributed by atoms with E-state index in [1.807, 2.05) is 0 Å². The molecule has 19 heavy (non-hydrogen) atoms. The van der Waals surface area contributed by atoms with E-state index < -0.39 is 0 Å². The molecule has 3 heterocycles. The average molecular weight is 257 g/mol. The number of aromatic amines is 1. The van der Waals surface area contributed by atoms with E-state index in [0.29, 0.717) is 30.5 Å². The first-order valence-corrected chi connectivity index (χ1v) is 5.92. The summed E-state index contributed by atoms with van der Waals surface area (Å²) in [6.45, 7) is 0.368. The molecule has 0 saturated carbocycles. The van der Waals surface area contributed by atoms with Gasteiger partial charge in [0.05, 0.1) is 11.1 Å². The number of aromatic nitrogens is 4. The van der Waals surface area contributed by atoms with Crippen LogP contribution in [0.25, 0.3) is 0 Å². The molecule has 0 bridgehead atoms. The monoisotopic (exact) mass is 257 g/mol.